The Labute approximate surface area is 215 Å². The number of carbonyl (C=O) groups excluding carboxylic acids is 2. The summed E-state index contributed by atoms with van der Waals surface area (Å²) in [4.78, 5) is 34.9. The SMILES string of the molecule is CN(C)C(=O)c1cnc(N2CCC(N3CC[C@H](Nc4ccc(S(C)(=O)=O)cc4F)C3=O)CC2)c(Cl)c1. The first-order valence-corrected chi connectivity index (χ1v) is 13.9. The number of carbonyl (C=O) groups is 2. The van der Waals surface area contributed by atoms with Crippen molar-refractivity contribution in [1.82, 2.24) is 14.8 Å². The second-order valence-electron chi connectivity index (χ2n) is 9.38. The van der Waals surface area contributed by atoms with Crippen molar-refractivity contribution in [2.75, 3.05) is 50.2 Å². The van der Waals surface area contributed by atoms with Gasteiger partial charge < -0.3 is 20.0 Å². The van der Waals surface area contributed by atoms with Gasteiger partial charge in [0.25, 0.3) is 5.91 Å². The third kappa shape index (κ3) is 5.41. The lowest BCUT2D eigenvalue weighted by Crippen LogP contribution is -2.47. The van der Waals surface area contributed by atoms with Crippen molar-refractivity contribution in [3.63, 3.8) is 0 Å². The van der Waals surface area contributed by atoms with Crippen LogP contribution in [0.15, 0.2) is 35.4 Å². The lowest BCUT2D eigenvalue weighted by Gasteiger charge is -2.37. The van der Waals surface area contributed by atoms with Gasteiger partial charge in [0, 0.05) is 52.2 Å². The standard InChI is InChI=1S/C24H29ClFN5O4S/c1-29(2)23(32)15-12-18(25)22(27-14-15)30-9-6-16(7-10-30)31-11-8-21(24(31)33)28-20-5-4-17(13-19(20)26)36(3,34)35/h4-5,12-14,16,21,28H,6-11H2,1-3H3/t21-/m0/s1. The third-order valence-electron chi connectivity index (χ3n) is 6.62. The number of piperidine rings is 1. The Hall–Kier alpha value is -2.92. The normalized spacial score (nSPS) is 19.0. The van der Waals surface area contributed by atoms with E-state index in [1.54, 1.807) is 20.2 Å². The molecule has 2 fully saturated rings. The number of sulfone groups is 1. The molecule has 0 saturated carbocycles. The smallest absolute Gasteiger partial charge is 0.254 e. The Morgan fingerprint density at radius 3 is 2.44 bits per heavy atom. The summed E-state index contributed by atoms with van der Waals surface area (Å²) in [6.07, 6.45) is 4.53. The maximum Gasteiger partial charge on any atom is 0.254 e. The second-order valence-corrected chi connectivity index (χ2v) is 11.8. The van der Waals surface area contributed by atoms with Crippen molar-refractivity contribution in [3.8, 4) is 0 Å². The molecule has 194 valence electrons. The number of anilines is 2. The number of likely N-dealkylation sites (tertiary alicyclic amines) is 1. The van der Waals surface area contributed by atoms with E-state index in [4.69, 9.17) is 11.6 Å². The molecule has 2 aliphatic rings. The van der Waals surface area contributed by atoms with Gasteiger partial charge in [-0.05, 0) is 43.5 Å². The first-order chi connectivity index (χ1) is 17.0. The van der Waals surface area contributed by atoms with E-state index in [0.29, 0.717) is 42.5 Å². The van der Waals surface area contributed by atoms with Gasteiger partial charge in [-0.3, -0.25) is 9.59 Å². The largest absolute Gasteiger partial charge is 0.371 e. The van der Waals surface area contributed by atoms with Gasteiger partial charge in [0.1, 0.15) is 17.7 Å². The minimum atomic E-state index is -3.52. The number of nitrogens with one attached hydrogen (secondary N) is 1. The molecule has 0 radical (unpaired) electrons. The minimum absolute atomic E-state index is 0.0476. The number of halogens is 2. The molecular weight excluding hydrogens is 509 g/mol. The minimum Gasteiger partial charge on any atom is -0.371 e. The highest BCUT2D eigenvalue weighted by molar-refractivity contribution is 7.90. The predicted molar refractivity (Wildman–Crippen MR) is 136 cm³/mol. The number of hydrogen-bond donors (Lipinski definition) is 1. The molecule has 2 aliphatic heterocycles. The van der Waals surface area contributed by atoms with Gasteiger partial charge in [0.2, 0.25) is 5.91 Å². The van der Waals surface area contributed by atoms with E-state index in [1.807, 2.05) is 4.90 Å². The number of amides is 2. The van der Waals surface area contributed by atoms with Gasteiger partial charge >= 0.3 is 0 Å². The number of rotatable bonds is 6. The first kappa shape index (κ1) is 26.2. The molecular formula is C24H29ClFN5O4S. The van der Waals surface area contributed by atoms with E-state index in [1.165, 1.54) is 23.2 Å². The molecule has 0 bridgehead atoms. The molecule has 0 spiro atoms. The second kappa shape index (κ2) is 10.2. The maximum atomic E-state index is 14.5. The molecule has 0 unspecified atom stereocenters. The number of aromatic nitrogens is 1. The lowest BCUT2D eigenvalue weighted by molar-refractivity contribution is -0.130. The monoisotopic (exact) mass is 537 g/mol. The van der Waals surface area contributed by atoms with Crippen LogP contribution >= 0.6 is 11.6 Å². The van der Waals surface area contributed by atoms with Crippen LogP contribution in [0.3, 0.4) is 0 Å². The van der Waals surface area contributed by atoms with Gasteiger partial charge in [-0.15, -0.1) is 0 Å². The number of benzene rings is 1. The summed E-state index contributed by atoms with van der Waals surface area (Å²) in [5, 5.41) is 3.35. The van der Waals surface area contributed by atoms with Crippen LogP contribution in [0.1, 0.15) is 29.6 Å². The van der Waals surface area contributed by atoms with Crippen LogP contribution in [0.2, 0.25) is 5.02 Å². The van der Waals surface area contributed by atoms with E-state index < -0.39 is 21.7 Å². The van der Waals surface area contributed by atoms with Crippen molar-refractivity contribution in [2.45, 2.75) is 36.2 Å². The number of pyridine rings is 1. The van der Waals surface area contributed by atoms with Gasteiger partial charge in [-0.25, -0.2) is 17.8 Å². The summed E-state index contributed by atoms with van der Waals surface area (Å²) in [7, 11) is -0.184. The zero-order valence-electron chi connectivity index (χ0n) is 20.4. The highest BCUT2D eigenvalue weighted by atomic mass is 35.5. The molecule has 1 aromatic heterocycles. The molecule has 12 heteroatoms. The number of hydrogen-bond acceptors (Lipinski definition) is 7. The third-order valence-corrected chi connectivity index (χ3v) is 8.01. The molecule has 2 saturated heterocycles. The first-order valence-electron chi connectivity index (χ1n) is 11.6. The van der Waals surface area contributed by atoms with Gasteiger partial charge in [-0.1, -0.05) is 11.6 Å². The zero-order valence-corrected chi connectivity index (χ0v) is 21.9. The van der Waals surface area contributed by atoms with Crippen LogP contribution in [-0.2, 0) is 14.6 Å². The average Bonchev–Trinajstić information content (AvgIpc) is 3.19. The highest BCUT2D eigenvalue weighted by Crippen LogP contribution is 2.30. The van der Waals surface area contributed by atoms with Crippen LogP contribution in [-0.4, -0.2) is 87.1 Å². The molecule has 36 heavy (non-hydrogen) atoms. The fourth-order valence-electron chi connectivity index (χ4n) is 4.66. The van der Waals surface area contributed by atoms with Crippen LogP contribution in [0.25, 0.3) is 0 Å². The van der Waals surface area contributed by atoms with E-state index in [-0.39, 0.29) is 28.4 Å². The number of nitrogens with zero attached hydrogens (tertiary/aromatic N) is 4. The maximum absolute atomic E-state index is 14.5. The lowest BCUT2D eigenvalue weighted by atomic mass is 10.0. The van der Waals surface area contributed by atoms with Gasteiger partial charge in [0.15, 0.2) is 9.84 Å². The summed E-state index contributed by atoms with van der Waals surface area (Å²) in [5.41, 5.74) is 0.529. The summed E-state index contributed by atoms with van der Waals surface area (Å²) >= 11 is 6.43. The summed E-state index contributed by atoms with van der Waals surface area (Å²) < 4.78 is 37.7. The Balaban J connectivity index is 1.36. The van der Waals surface area contributed by atoms with E-state index in [0.717, 1.165) is 25.2 Å². The van der Waals surface area contributed by atoms with Gasteiger partial charge in [0.05, 0.1) is 21.2 Å². The molecule has 1 aromatic carbocycles. The van der Waals surface area contributed by atoms with Crippen LogP contribution in [0.5, 0.6) is 0 Å². The Kier molecular flexibility index (Phi) is 7.42. The van der Waals surface area contributed by atoms with Crippen molar-refractivity contribution >= 4 is 44.8 Å². The van der Waals surface area contributed by atoms with Crippen molar-refractivity contribution < 1.29 is 22.4 Å². The molecule has 0 aliphatic carbocycles. The molecule has 9 nitrogen and oxygen atoms in total. The van der Waals surface area contributed by atoms with Crippen LogP contribution < -0.4 is 10.2 Å². The summed E-state index contributed by atoms with van der Waals surface area (Å²) in [6, 6.07) is 4.75. The van der Waals surface area contributed by atoms with E-state index in [2.05, 4.69) is 15.2 Å². The predicted octanol–water partition coefficient (Wildman–Crippen LogP) is 2.66. The fourth-order valence-corrected chi connectivity index (χ4v) is 5.58. The Morgan fingerprint density at radius 2 is 1.86 bits per heavy atom. The Morgan fingerprint density at radius 1 is 1.17 bits per heavy atom. The highest BCUT2D eigenvalue weighted by Gasteiger charge is 2.37. The molecule has 1 atom stereocenters. The molecule has 2 aromatic rings. The van der Waals surface area contributed by atoms with Crippen molar-refractivity contribution in [3.05, 3.63) is 46.9 Å². The van der Waals surface area contributed by atoms with E-state index >= 15 is 0 Å². The van der Waals surface area contributed by atoms with Crippen molar-refractivity contribution in [1.29, 1.82) is 0 Å². The topological polar surface area (TPSA) is 103 Å². The average molecular weight is 538 g/mol. The quantitative estimate of drug-likeness (QED) is 0.604. The van der Waals surface area contributed by atoms with Crippen LogP contribution in [0, 0.1) is 5.82 Å². The van der Waals surface area contributed by atoms with Gasteiger partial charge in [-0.2, -0.15) is 0 Å². The van der Waals surface area contributed by atoms with Crippen molar-refractivity contribution in [2.24, 2.45) is 0 Å². The molecule has 4 rings (SSSR count). The van der Waals surface area contributed by atoms with E-state index in [9.17, 15) is 22.4 Å². The Bertz CT molecular complexity index is 1280. The molecule has 3 heterocycles. The van der Waals surface area contributed by atoms with Crippen LogP contribution in [0.4, 0.5) is 15.9 Å². The summed E-state index contributed by atoms with van der Waals surface area (Å²) in [6.45, 7) is 1.87. The molecule has 1 N–H and O–H groups in total. The molecule has 2 amide bonds. The zero-order chi connectivity index (χ0) is 26.2. The fraction of sp³-hybridized carbons (Fsp3) is 0.458. The summed E-state index contributed by atoms with van der Waals surface area (Å²) in [5.74, 6) is -0.356.